The number of hydrogen-bond acceptors (Lipinski definition) is 4. The van der Waals surface area contributed by atoms with E-state index >= 15 is 0 Å². The number of aliphatic hydroxyl groups is 2. The predicted octanol–water partition coefficient (Wildman–Crippen LogP) is 2.82. The Kier molecular flexibility index (Phi) is 14.6. The number of halogens is 2. The zero-order chi connectivity index (χ0) is 12.9. The molecule has 0 aliphatic heterocycles. The quantitative estimate of drug-likeness (QED) is 0.428. The van der Waals surface area contributed by atoms with Crippen LogP contribution in [0.3, 0.4) is 0 Å². The molecule has 2 atom stereocenters. The fourth-order valence-corrected chi connectivity index (χ4v) is 3.52. The Labute approximate surface area is 123 Å². The summed E-state index contributed by atoms with van der Waals surface area (Å²) in [5, 5.41) is 18.4. The van der Waals surface area contributed by atoms with Gasteiger partial charge in [-0.05, 0) is 24.3 Å². The van der Waals surface area contributed by atoms with Crippen molar-refractivity contribution < 1.29 is 10.2 Å². The molecule has 0 amide bonds. The van der Waals surface area contributed by atoms with Gasteiger partial charge in [0.25, 0.3) is 0 Å². The summed E-state index contributed by atoms with van der Waals surface area (Å²) in [6, 6.07) is 0. The van der Waals surface area contributed by atoms with Crippen molar-refractivity contribution in [3.05, 3.63) is 0 Å². The maximum atomic E-state index is 9.22. The molecule has 0 saturated carbocycles. The number of unbranched alkanes of at least 4 members (excludes halogenated alkanes) is 2. The van der Waals surface area contributed by atoms with Crippen LogP contribution in [-0.2, 0) is 0 Å². The Morgan fingerprint density at radius 3 is 1.53 bits per heavy atom. The van der Waals surface area contributed by atoms with Crippen molar-refractivity contribution in [3.63, 3.8) is 0 Å². The first-order valence-corrected chi connectivity index (χ1v) is 9.22. The molecule has 2 N–H and O–H groups in total. The van der Waals surface area contributed by atoms with E-state index in [0.29, 0.717) is 11.8 Å². The Morgan fingerprint density at radius 1 is 0.765 bits per heavy atom. The summed E-state index contributed by atoms with van der Waals surface area (Å²) in [5.41, 5.74) is 0. The zero-order valence-electron chi connectivity index (χ0n) is 9.99. The number of alkyl halides is 2. The monoisotopic (exact) mass is 320 g/mol. The summed E-state index contributed by atoms with van der Waals surface area (Å²) in [5.74, 6) is 4.30. The number of rotatable bonds is 12. The van der Waals surface area contributed by atoms with Crippen LogP contribution >= 0.6 is 46.7 Å². The summed E-state index contributed by atoms with van der Waals surface area (Å²) in [4.78, 5) is 0. The smallest absolute Gasteiger partial charge is 0.0765 e. The summed E-state index contributed by atoms with van der Waals surface area (Å²) < 4.78 is 0. The minimum absolute atomic E-state index is 0.326. The predicted molar refractivity (Wildman–Crippen MR) is 82.0 cm³/mol. The highest BCUT2D eigenvalue weighted by atomic mass is 35.5. The Bertz CT molecular complexity index is 148. The van der Waals surface area contributed by atoms with Crippen LogP contribution < -0.4 is 0 Å². The molecule has 0 aliphatic rings. The molecular weight excluding hydrogens is 299 g/mol. The van der Waals surface area contributed by atoms with Crippen LogP contribution in [0.5, 0.6) is 0 Å². The van der Waals surface area contributed by atoms with E-state index in [4.69, 9.17) is 23.2 Å². The third-order valence-electron chi connectivity index (χ3n) is 2.05. The van der Waals surface area contributed by atoms with Crippen molar-refractivity contribution in [3.8, 4) is 0 Å². The lowest BCUT2D eigenvalue weighted by atomic mass is 10.3. The Balaban J connectivity index is 3.04. The molecule has 0 bridgehead atoms. The summed E-state index contributed by atoms with van der Waals surface area (Å²) in [6.45, 7) is 0. The first-order chi connectivity index (χ1) is 8.20. The highest BCUT2D eigenvalue weighted by Gasteiger charge is 2.02. The molecule has 0 saturated heterocycles. The van der Waals surface area contributed by atoms with Crippen LogP contribution in [-0.4, -0.2) is 57.2 Å². The molecule has 0 aromatic heterocycles. The van der Waals surface area contributed by atoms with Crippen LogP contribution in [0.1, 0.15) is 19.3 Å². The van der Waals surface area contributed by atoms with Gasteiger partial charge in [0, 0.05) is 23.3 Å². The molecule has 0 heterocycles. The molecule has 0 rings (SSSR count). The van der Waals surface area contributed by atoms with Crippen molar-refractivity contribution in [2.24, 2.45) is 0 Å². The van der Waals surface area contributed by atoms with E-state index < -0.39 is 0 Å². The molecule has 0 radical (unpaired) electrons. The van der Waals surface area contributed by atoms with Gasteiger partial charge in [0.05, 0.1) is 12.2 Å². The Hall–Kier alpha value is 1.20. The van der Waals surface area contributed by atoms with E-state index in [1.807, 2.05) is 0 Å². The first kappa shape index (κ1) is 18.2. The molecule has 6 heteroatoms. The molecule has 0 aromatic rings. The van der Waals surface area contributed by atoms with Gasteiger partial charge in [-0.25, -0.2) is 0 Å². The van der Waals surface area contributed by atoms with Gasteiger partial charge in [0.2, 0.25) is 0 Å². The van der Waals surface area contributed by atoms with E-state index in [-0.39, 0.29) is 12.2 Å². The van der Waals surface area contributed by atoms with Crippen molar-refractivity contribution in [1.82, 2.24) is 0 Å². The van der Waals surface area contributed by atoms with Gasteiger partial charge in [0.15, 0.2) is 0 Å². The topological polar surface area (TPSA) is 40.5 Å². The average molecular weight is 321 g/mol. The number of thioether (sulfide) groups is 2. The van der Waals surface area contributed by atoms with Gasteiger partial charge in [0.1, 0.15) is 0 Å². The normalized spacial score (nSPS) is 14.8. The largest absolute Gasteiger partial charge is 0.391 e. The maximum Gasteiger partial charge on any atom is 0.0765 e. The van der Waals surface area contributed by atoms with Gasteiger partial charge in [-0.1, -0.05) is 6.42 Å². The Morgan fingerprint density at radius 2 is 1.18 bits per heavy atom. The second kappa shape index (κ2) is 13.6. The summed E-state index contributed by atoms with van der Waals surface area (Å²) in [6.07, 6.45) is 2.83. The molecule has 17 heavy (non-hydrogen) atoms. The first-order valence-electron chi connectivity index (χ1n) is 5.84. The average Bonchev–Trinajstić information content (AvgIpc) is 2.35. The minimum atomic E-state index is -0.366. The standard InChI is InChI=1S/C11H22Cl2O2S2/c12-6-10(14)8-16-4-2-1-3-5-17-9-11(15)7-13/h10-11,14-15H,1-9H2. The van der Waals surface area contributed by atoms with Crippen molar-refractivity contribution in [1.29, 1.82) is 0 Å². The van der Waals surface area contributed by atoms with Crippen molar-refractivity contribution >= 4 is 46.7 Å². The summed E-state index contributed by atoms with van der Waals surface area (Å²) in [7, 11) is 0. The highest BCUT2D eigenvalue weighted by molar-refractivity contribution is 7.99. The second-order valence-corrected chi connectivity index (χ2v) is 6.74. The van der Waals surface area contributed by atoms with Crippen LogP contribution in [0.4, 0.5) is 0 Å². The van der Waals surface area contributed by atoms with Gasteiger partial charge in [-0.15, -0.1) is 23.2 Å². The fourth-order valence-electron chi connectivity index (χ4n) is 1.11. The molecular formula is C11H22Cl2O2S2. The van der Waals surface area contributed by atoms with Crippen LogP contribution in [0.15, 0.2) is 0 Å². The third kappa shape index (κ3) is 13.4. The zero-order valence-corrected chi connectivity index (χ0v) is 13.1. The van der Waals surface area contributed by atoms with Crippen molar-refractivity contribution in [2.45, 2.75) is 31.5 Å². The lowest BCUT2D eigenvalue weighted by Crippen LogP contribution is -2.11. The maximum absolute atomic E-state index is 9.22. The van der Waals surface area contributed by atoms with Gasteiger partial charge in [-0.3, -0.25) is 0 Å². The molecule has 104 valence electrons. The fraction of sp³-hybridized carbons (Fsp3) is 1.00. The van der Waals surface area contributed by atoms with Gasteiger partial charge >= 0.3 is 0 Å². The molecule has 0 fully saturated rings. The highest BCUT2D eigenvalue weighted by Crippen LogP contribution is 2.12. The van der Waals surface area contributed by atoms with Gasteiger partial charge < -0.3 is 10.2 Å². The van der Waals surface area contributed by atoms with E-state index in [1.54, 1.807) is 23.5 Å². The number of hydrogen-bond donors (Lipinski definition) is 2. The van der Waals surface area contributed by atoms with E-state index in [1.165, 1.54) is 19.3 Å². The molecule has 2 nitrogen and oxygen atoms in total. The lowest BCUT2D eigenvalue weighted by molar-refractivity contribution is 0.223. The molecule has 2 unspecified atom stereocenters. The molecule has 0 spiro atoms. The minimum Gasteiger partial charge on any atom is -0.391 e. The molecule has 0 aliphatic carbocycles. The van der Waals surface area contributed by atoms with Crippen LogP contribution in [0.25, 0.3) is 0 Å². The van der Waals surface area contributed by atoms with Gasteiger partial charge in [-0.2, -0.15) is 23.5 Å². The van der Waals surface area contributed by atoms with E-state index in [9.17, 15) is 10.2 Å². The van der Waals surface area contributed by atoms with E-state index in [2.05, 4.69) is 0 Å². The number of aliphatic hydroxyl groups excluding tert-OH is 2. The lowest BCUT2D eigenvalue weighted by Gasteiger charge is -2.07. The SMILES string of the molecule is OC(CCl)CSCCCCCSCC(O)CCl. The summed E-state index contributed by atoms with van der Waals surface area (Å²) >= 11 is 14.5. The molecule has 0 aromatic carbocycles. The third-order valence-corrected chi connectivity index (χ3v) is 5.16. The van der Waals surface area contributed by atoms with Crippen LogP contribution in [0, 0.1) is 0 Å². The van der Waals surface area contributed by atoms with E-state index in [0.717, 1.165) is 23.0 Å². The van der Waals surface area contributed by atoms with Crippen LogP contribution in [0.2, 0.25) is 0 Å². The second-order valence-electron chi connectivity index (χ2n) is 3.83. The van der Waals surface area contributed by atoms with Crippen molar-refractivity contribution in [2.75, 3.05) is 34.8 Å².